The van der Waals surface area contributed by atoms with Crippen molar-refractivity contribution in [2.24, 2.45) is 0 Å². The summed E-state index contributed by atoms with van der Waals surface area (Å²) in [4.78, 5) is 5.02. The first-order valence-corrected chi connectivity index (χ1v) is 10.0. The van der Waals surface area contributed by atoms with Crippen molar-refractivity contribution in [1.82, 2.24) is 9.55 Å². The number of methoxy groups -OCH3 is 1. The van der Waals surface area contributed by atoms with E-state index in [2.05, 4.69) is 11.5 Å². The number of rotatable bonds is 3. The summed E-state index contributed by atoms with van der Waals surface area (Å²) in [6.45, 7) is 7.03. The first-order chi connectivity index (χ1) is 13.9. The van der Waals surface area contributed by atoms with E-state index in [0.29, 0.717) is 35.3 Å². The Morgan fingerprint density at radius 1 is 1.21 bits per heavy atom. The highest BCUT2D eigenvalue weighted by atomic mass is 35.5. The Hall–Kier alpha value is -2.57. The molecule has 152 valence electrons. The van der Waals surface area contributed by atoms with E-state index in [1.165, 1.54) is 0 Å². The second kappa shape index (κ2) is 7.69. The Morgan fingerprint density at radius 2 is 1.93 bits per heavy atom. The molecule has 0 bridgehead atoms. The van der Waals surface area contributed by atoms with Crippen molar-refractivity contribution >= 4 is 11.6 Å². The molecule has 0 fully saturated rings. The third kappa shape index (κ3) is 3.58. The van der Waals surface area contributed by atoms with Crippen molar-refractivity contribution in [2.45, 2.75) is 39.8 Å². The second-order valence-electron chi connectivity index (χ2n) is 7.44. The molecule has 0 amide bonds. The van der Waals surface area contributed by atoms with E-state index >= 15 is 0 Å². The number of aromatic nitrogens is 3. The number of imidazole rings is 1. The molecule has 0 saturated carbocycles. The van der Waals surface area contributed by atoms with Crippen molar-refractivity contribution in [2.75, 3.05) is 13.7 Å². The number of ether oxygens (including phenoxy) is 2. The van der Waals surface area contributed by atoms with E-state index in [-0.39, 0.29) is 6.10 Å². The monoisotopic (exact) mass is 413 g/mol. The third-order valence-corrected chi connectivity index (χ3v) is 5.62. The maximum absolute atomic E-state index is 12.1. The lowest BCUT2D eigenvalue weighted by molar-refractivity contribution is -0.619. The predicted molar refractivity (Wildman–Crippen MR) is 112 cm³/mol. The van der Waals surface area contributed by atoms with Gasteiger partial charge in [0.05, 0.1) is 37.1 Å². The number of hydrogen-bond acceptors (Lipinski definition) is 4. The van der Waals surface area contributed by atoms with Crippen LogP contribution in [0.4, 0.5) is 0 Å². The fourth-order valence-corrected chi connectivity index (χ4v) is 4.07. The van der Waals surface area contributed by atoms with Crippen molar-refractivity contribution in [1.29, 1.82) is 0 Å². The summed E-state index contributed by atoms with van der Waals surface area (Å²) in [5.74, 6) is 1.45. The summed E-state index contributed by atoms with van der Waals surface area (Å²) in [6, 6.07) is 9.47. The molecule has 4 rings (SSSR count). The lowest BCUT2D eigenvalue weighted by atomic mass is 10.1. The maximum atomic E-state index is 12.1. The minimum absolute atomic E-state index is 0.0780. The Balaban J connectivity index is 1.94. The first kappa shape index (κ1) is 19.7. The molecule has 0 saturated heterocycles. The zero-order valence-corrected chi connectivity index (χ0v) is 17.8. The van der Waals surface area contributed by atoms with Crippen molar-refractivity contribution < 1.29 is 14.2 Å². The van der Waals surface area contributed by atoms with E-state index in [1.807, 2.05) is 44.2 Å². The zero-order chi connectivity index (χ0) is 20.7. The van der Waals surface area contributed by atoms with Gasteiger partial charge in [0, 0.05) is 49.2 Å². The molecule has 1 aromatic carbocycles. The number of pyridine rings is 1. The van der Waals surface area contributed by atoms with Gasteiger partial charge in [-0.2, -0.15) is 4.73 Å². The molecule has 29 heavy (non-hydrogen) atoms. The fraction of sp³-hybridized carbons (Fsp3) is 0.364. The van der Waals surface area contributed by atoms with E-state index < -0.39 is 0 Å². The van der Waals surface area contributed by atoms with Crippen LogP contribution in [0.2, 0.25) is 5.02 Å². The Kier molecular flexibility index (Phi) is 5.23. The summed E-state index contributed by atoms with van der Waals surface area (Å²) in [5.41, 5.74) is 5.16. The van der Waals surface area contributed by atoms with E-state index in [0.717, 1.165) is 39.5 Å². The van der Waals surface area contributed by atoms with Gasteiger partial charge in [-0.3, -0.25) is 0 Å². The lowest BCUT2D eigenvalue weighted by Gasteiger charge is -2.13. The van der Waals surface area contributed by atoms with Crippen molar-refractivity contribution in [3.8, 4) is 28.4 Å². The molecule has 2 aromatic heterocycles. The molecule has 1 aliphatic rings. The van der Waals surface area contributed by atoms with Crippen LogP contribution in [0.1, 0.15) is 24.0 Å². The normalized spacial score (nSPS) is 16.4. The molecule has 0 spiro atoms. The van der Waals surface area contributed by atoms with Gasteiger partial charge in [-0.05, 0) is 25.1 Å². The van der Waals surface area contributed by atoms with Crippen molar-refractivity contribution in [3.05, 3.63) is 57.6 Å². The van der Waals surface area contributed by atoms with Crippen LogP contribution in [0.15, 0.2) is 30.3 Å². The number of hydrogen-bond donors (Lipinski definition) is 0. The average molecular weight is 414 g/mol. The Bertz CT molecular complexity index is 1050. The largest absolute Gasteiger partial charge is 0.618 e. The molecule has 7 heteroatoms. The van der Waals surface area contributed by atoms with Crippen LogP contribution in [0.5, 0.6) is 5.75 Å². The molecule has 3 heterocycles. The lowest BCUT2D eigenvalue weighted by Crippen LogP contribution is -2.33. The zero-order valence-electron chi connectivity index (χ0n) is 17.0. The van der Waals surface area contributed by atoms with Gasteiger partial charge in [0.15, 0.2) is 11.4 Å². The molecular weight excluding hydrogens is 390 g/mol. The summed E-state index contributed by atoms with van der Waals surface area (Å²) in [6.07, 6.45) is 0.830. The van der Waals surface area contributed by atoms with Crippen LogP contribution in [0, 0.1) is 19.1 Å². The second-order valence-corrected chi connectivity index (χ2v) is 7.85. The van der Waals surface area contributed by atoms with Crippen LogP contribution in [0.3, 0.4) is 0 Å². The van der Waals surface area contributed by atoms with Crippen LogP contribution >= 0.6 is 11.6 Å². The summed E-state index contributed by atoms with van der Waals surface area (Å²) in [5, 5.41) is 12.7. The molecular formula is C22H24ClN3O3. The standard InChI is InChI=1S/C22H24ClN3O3/c1-13-9-17(10-14(2)26(13)27)21-19-7-8-29-15(3)12-25(19)22(24-21)16-5-6-18(23)20(11-16)28-4/h5-6,9-11,15H,7-8,12H2,1-4H3/t15-/m1/s1. The van der Waals surface area contributed by atoms with E-state index in [1.54, 1.807) is 7.11 Å². The van der Waals surface area contributed by atoms with Gasteiger partial charge in [-0.25, -0.2) is 4.98 Å². The molecule has 0 N–H and O–H groups in total. The Labute approximate surface area is 175 Å². The van der Waals surface area contributed by atoms with E-state index in [9.17, 15) is 5.21 Å². The molecule has 0 aliphatic carbocycles. The number of benzene rings is 1. The van der Waals surface area contributed by atoms with Crippen molar-refractivity contribution in [3.63, 3.8) is 0 Å². The highest BCUT2D eigenvalue weighted by Gasteiger charge is 2.25. The molecule has 0 radical (unpaired) electrons. The number of nitrogens with zero attached hydrogens (tertiary/aromatic N) is 3. The molecule has 1 atom stereocenters. The average Bonchev–Trinajstić information content (AvgIpc) is 2.92. The van der Waals surface area contributed by atoms with Crippen LogP contribution in [-0.4, -0.2) is 29.4 Å². The minimum atomic E-state index is 0.0780. The van der Waals surface area contributed by atoms with Gasteiger partial charge in [-0.15, -0.1) is 0 Å². The number of aryl methyl sites for hydroxylation is 2. The highest BCUT2D eigenvalue weighted by molar-refractivity contribution is 6.32. The molecule has 6 nitrogen and oxygen atoms in total. The summed E-state index contributed by atoms with van der Waals surface area (Å²) < 4.78 is 14.5. The number of halogens is 1. The fourth-order valence-electron chi connectivity index (χ4n) is 3.88. The van der Waals surface area contributed by atoms with Crippen LogP contribution in [-0.2, 0) is 17.7 Å². The van der Waals surface area contributed by atoms with Crippen LogP contribution in [0.25, 0.3) is 22.6 Å². The molecule has 3 aromatic rings. The highest BCUT2D eigenvalue weighted by Crippen LogP contribution is 2.35. The van der Waals surface area contributed by atoms with Gasteiger partial charge in [0.25, 0.3) is 0 Å². The van der Waals surface area contributed by atoms with E-state index in [4.69, 9.17) is 26.1 Å². The summed E-state index contributed by atoms with van der Waals surface area (Å²) in [7, 11) is 1.60. The quantitative estimate of drug-likeness (QED) is 0.479. The Morgan fingerprint density at radius 3 is 2.62 bits per heavy atom. The molecule has 0 unspecified atom stereocenters. The first-order valence-electron chi connectivity index (χ1n) is 9.65. The minimum Gasteiger partial charge on any atom is -0.618 e. The van der Waals surface area contributed by atoms with Gasteiger partial charge in [0.2, 0.25) is 0 Å². The molecule has 1 aliphatic heterocycles. The third-order valence-electron chi connectivity index (χ3n) is 5.31. The van der Waals surface area contributed by atoms with Gasteiger partial charge >= 0.3 is 0 Å². The van der Waals surface area contributed by atoms with Gasteiger partial charge in [-0.1, -0.05) is 11.6 Å². The smallest absolute Gasteiger partial charge is 0.190 e. The van der Waals surface area contributed by atoms with Crippen LogP contribution < -0.4 is 9.47 Å². The number of fused-ring (bicyclic) bond motifs is 1. The van der Waals surface area contributed by atoms with Gasteiger partial charge in [0.1, 0.15) is 11.6 Å². The van der Waals surface area contributed by atoms with Gasteiger partial charge < -0.3 is 19.2 Å². The summed E-state index contributed by atoms with van der Waals surface area (Å²) >= 11 is 6.22. The SMILES string of the molecule is COc1cc(-c2nc(-c3cc(C)[n+]([O-])c(C)c3)c3n2C[C@@H](C)OCC3)ccc1Cl. The predicted octanol–water partition coefficient (Wildman–Crippen LogP) is 4.09. The maximum Gasteiger partial charge on any atom is 0.190 e. The topological polar surface area (TPSA) is 63.2 Å².